The largest absolute Gasteiger partial charge is 0.480 e. The average molecular weight is 292 g/mol. The summed E-state index contributed by atoms with van der Waals surface area (Å²) in [5.41, 5.74) is 0.395. The molecule has 0 spiro atoms. The maximum absolute atomic E-state index is 12.0. The number of carbonyl (C=O) groups is 1. The summed E-state index contributed by atoms with van der Waals surface area (Å²) in [4.78, 5) is 10.8. The fourth-order valence-corrected chi connectivity index (χ4v) is 3.21. The second kappa shape index (κ2) is 5.69. The predicted octanol–water partition coefficient (Wildman–Crippen LogP) is 1.79. The molecule has 0 heterocycles. The maximum atomic E-state index is 12.0. The molecule has 1 aromatic rings. The van der Waals surface area contributed by atoms with Crippen LogP contribution in [0.5, 0.6) is 0 Å². The molecule has 0 aliphatic rings. The minimum atomic E-state index is -3.89. The number of benzene rings is 1. The molecule has 100 valence electrons. The molecule has 1 unspecified atom stereocenters. The van der Waals surface area contributed by atoms with Crippen molar-refractivity contribution in [2.45, 2.75) is 31.2 Å². The Kier molecular flexibility index (Phi) is 4.72. The fraction of sp³-hybridized carbons (Fsp3) is 0.364. The van der Waals surface area contributed by atoms with Gasteiger partial charge in [-0.3, -0.25) is 4.79 Å². The van der Waals surface area contributed by atoms with Gasteiger partial charge < -0.3 is 5.11 Å². The number of carboxylic acids is 1. The number of halogens is 1. The lowest BCUT2D eigenvalue weighted by Crippen LogP contribution is -2.40. The molecule has 0 amide bonds. The number of carboxylic acid groups (broad SMARTS) is 1. The van der Waals surface area contributed by atoms with E-state index in [-0.39, 0.29) is 11.3 Å². The minimum Gasteiger partial charge on any atom is -0.480 e. The first-order valence-corrected chi connectivity index (χ1v) is 7.16. The highest BCUT2D eigenvalue weighted by Gasteiger charge is 2.25. The standard InChI is InChI=1S/C11H14ClNO4S/c1-3-9(11(14)15)13-18(16,17)10-6-4-5-8(12)7(10)2/h4-6,9,13H,3H2,1-2H3,(H,14,15). The Morgan fingerprint density at radius 3 is 2.61 bits per heavy atom. The molecule has 0 fully saturated rings. The summed E-state index contributed by atoms with van der Waals surface area (Å²) in [5, 5.41) is 9.17. The SMILES string of the molecule is CCC(NS(=O)(=O)c1cccc(Cl)c1C)C(=O)O. The van der Waals surface area contributed by atoms with Crippen molar-refractivity contribution < 1.29 is 18.3 Å². The van der Waals surface area contributed by atoms with Crippen LogP contribution in [0, 0.1) is 6.92 Å². The number of sulfonamides is 1. The van der Waals surface area contributed by atoms with Gasteiger partial charge in [0.15, 0.2) is 0 Å². The Hall–Kier alpha value is -1.11. The van der Waals surface area contributed by atoms with Gasteiger partial charge in [-0.25, -0.2) is 8.42 Å². The summed E-state index contributed by atoms with van der Waals surface area (Å²) >= 11 is 5.84. The van der Waals surface area contributed by atoms with Crippen LogP contribution in [-0.4, -0.2) is 25.5 Å². The smallest absolute Gasteiger partial charge is 0.321 e. The molecule has 0 aliphatic carbocycles. The van der Waals surface area contributed by atoms with Gasteiger partial charge in [0.1, 0.15) is 6.04 Å². The van der Waals surface area contributed by atoms with Gasteiger partial charge in [-0.15, -0.1) is 0 Å². The van der Waals surface area contributed by atoms with Crippen LogP contribution in [0.3, 0.4) is 0 Å². The van der Waals surface area contributed by atoms with Crippen LogP contribution in [0.15, 0.2) is 23.1 Å². The van der Waals surface area contributed by atoms with Gasteiger partial charge in [0, 0.05) is 5.02 Å². The van der Waals surface area contributed by atoms with Gasteiger partial charge in [0.2, 0.25) is 10.0 Å². The highest BCUT2D eigenvalue weighted by Crippen LogP contribution is 2.22. The maximum Gasteiger partial charge on any atom is 0.321 e. The minimum absolute atomic E-state index is 0.00491. The Labute approximate surface area is 111 Å². The third kappa shape index (κ3) is 3.22. The molecule has 0 aromatic heterocycles. The molecule has 1 rings (SSSR count). The molecule has 1 aromatic carbocycles. The second-order valence-electron chi connectivity index (χ2n) is 3.78. The third-order valence-corrected chi connectivity index (χ3v) is 4.54. The summed E-state index contributed by atoms with van der Waals surface area (Å²) in [5.74, 6) is -1.21. The van der Waals surface area contributed by atoms with Crippen molar-refractivity contribution in [2.24, 2.45) is 0 Å². The van der Waals surface area contributed by atoms with Crippen molar-refractivity contribution in [1.82, 2.24) is 4.72 Å². The molecule has 2 N–H and O–H groups in total. The number of nitrogens with one attached hydrogen (secondary N) is 1. The molecule has 0 radical (unpaired) electrons. The molecular formula is C11H14ClNO4S. The summed E-state index contributed by atoms with van der Waals surface area (Å²) in [7, 11) is -3.89. The molecular weight excluding hydrogens is 278 g/mol. The van der Waals surface area contributed by atoms with Crippen LogP contribution in [0.4, 0.5) is 0 Å². The van der Waals surface area contributed by atoms with Crippen molar-refractivity contribution in [1.29, 1.82) is 0 Å². The molecule has 0 aliphatic heterocycles. The van der Waals surface area contributed by atoms with Gasteiger partial charge in [-0.05, 0) is 31.0 Å². The van der Waals surface area contributed by atoms with E-state index in [1.54, 1.807) is 19.9 Å². The van der Waals surface area contributed by atoms with Crippen molar-refractivity contribution >= 4 is 27.6 Å². The first-order chi connectivity index (χ1) is 8.29. The highest BCUT2D eigenvalue weighted by atomic mass is 35.5. The molecule has 1 atom stereocenters. The zero-order valence-corrected chi connectivity index (χ0v) is 11.5. The Balaban J connectivity index is 3.14. The van der Waals surface area contributed by atoms with E-state index in [9.17, 15) is 13.2 Å². The zero-order valence-electron chi connectivity index (χ0n) is 9.97. The van der Waals surface area contributed by atoms with E-state index in [0.29, 0.717) is 10.6 Å². The normalized spacial score (nSPS) is 13.3. The van der Waals surface area contributed by atoms with Gasteiger partial charge in [0.05, 0.1) is 4.90 Å². The Morgan fingerprint density at radius 2 is 2.11 bits per heavy atom. The predicted molar refractivity (Wildman–Crippen MR) is 68.2 cm³/mol. The Morgan fingerprint density at radius 1 is 1.50 bits per heavy atom. The van der Waals surface area contributed by atoms with Crippen LogP contribution < -0.4 is 4.72 Å². The van der Waals surface area contributed by atoms with Gasteiger partial charge in [0.25, 0.3) is 0 Å². The van der Waals surface area contributed by atoms with Crippen molar-refractivity contribution in [3.8, 4) is 0 Å². The fourth-order valence-electron chi connectivity index (χ4n) is 1.44. The van der Waals surface area contributed by atoms with E-state index in [1.165, 1.54) is 12.1 Å². The highest BCUT2D eigenvalue weighted by molar-refractivity contribution is 7.89. The van der Waals surface area contributed by atoms with Crippen LogP contribution in [0.1, 0.15) is 18.9 Å². The topological polar surface area (TPSA) is 83.5 Å². The Bertz CT molecular complexity index is 556. The van der Waals surface area contributed by atoms with E-state index in [2.05, 4.69) is 4.72 Å². The number of rotatable bonds is 5. The number of hydrogen-bond donors (Lipinski definition) is 2. The molecule has 0 bridgehead atoms. The second-order valence-corrected chi connectivity index (χ2v) is 5.87. The van der Waals surface area contributed by atoms with Crippen molar-refractivity contribution in [2.75, 3.05) is 0 Å². The summed E-state index contributed by atoms with van der Waals surface area (Å²) in [6.45, 7) is 3.16. The summed E-state index contributed by atoms with van der Waals surface area (Å²) < 4.78 is 26.2. The lowest BCUT2D eigenvalue weighted by Gasteiger charge is -2.14. The number of aliphatic carboxylic acids is 1. The number of hydrogen-bond acceptors (Lipinski definition) is 3. The van der Waals surface area contributed by atoms with E-state index in [0.717, 1.165) is 0 Å². The lowest BCUT2D eigenvalue weighted by molar-refractivity contribution is -0.139. The van der Waals surface area contributed by atoms with Crippen LogP contribution in [0.25, 0.3) is 0 Å². The van der Waals surface area contributed by atoms with E-state index >= 15 is 0 Å². The monoisotopic (exact) mass is 291 g/mol. The van der Waals surface area contributed by atoms with Crippen molar-refractivity contribution in [3.05, 3.63) is 28.8 Å². The molecule has 0 saturated carbocycles. The van der Waals surface area contributed by atoms with Crippen LogP contribution in [0.2, 0.25) is 5.02 Å². The summed E-state index contributed by atoms with van der Waals surface area (Å²) in [6.07, 6.45) is 0.161. The quantitative estimate of drug-likeness (QED) is 0.866. The van der Waals surface area contributed by atoms with Crippen LogP contribution >= 0.6 is 11.6 Å². The van der Waals surface area contributed by atoms with Gasteiger partial charge in [-0.2, -0.15) is 4.72 Å². The molecule has 0 saturated heterocycles. The molecule has 5 nitrogen and oxygen atoms in total. The first-order valence-electron chi connectivity index (χ1n) is 5.30. The molecule has 18 heavy (non-hydrogen) atoms. The lowest BCUT2D eigenvalue weighted by atomic mass is 10.2. The van der Waals surface area contributed by atoms with E-state index < -0.39 is 22.0 Å². The average Bonchev–Trinajstić information content (AvgIpc) is 2.29. The summed E-state index contributed by atoms with van der Waals surface area (Å²) in [6, 6.07) is 3.32. The molecule has 7 heteroatoms. The van der Waals surface area contributed by atoms with E-state index in [1.807, 2.05) is 0 Å². The van der Waals surface area contributed by atoms with Gasteiger partial charge >= 0.3 is 5.97 Å². The third-order valence-electron chi connectivity index (χ3n) is 2.51. The van der Waals surface area contributed by atoms with Gasteiger partial charge in [-0.1, -0.05) is 24.6 Å². The first kappa shape index (κ1) is 14.9. The van der Waals surface area contributed by atoms with E-state index in [4.69, 9.17) is 16.7 Å². The van der Waals surface area contributed by atoms with Crippen LogP contribution in [-0.2, 0) is 14.8 Å². The zero-order chi connectivity index (χ0) is 13.9. The van der Waals surface area contributed by atoms with Crippen molar-refractivity contribution in [3.63, 3.8) is 0 Å².